The summed E-state index contributed by atoms with van der Waals surface area (Å²) in [5.41, 5.74) is 0.627. The summed E-state index contributed by atoms with van der Waals surface area (Å²) in [6, 6.07) is 3.26. The Morgan fingerprint density at radius 2 is 2.32 bits per heavy atom. The first-order valence-corrected chi connectivity index (χ1v) is 7.32. The van der Waals surface area contributed by atoms with Crippen LogP contribution in [-0.2, 0) is 14.3 Å². The van der Waals surface area contributed by atoms with Crippen molar-refractivity contribution < 1.29 is 14.3 Å². The van der Waals surface area contributed by atoms with Gasteiger partial charge in [0, 0.05) is 19.6 Å². The number of ether oxygens (including phenoxy) is 1. The number of nitrogens with zero attached hydrogens (tertiary/aromatic N) is 2. The lowest BCUT2D eigenvalue weighted by Crippen LogP contribution is -2.49. The molecule has 3 heterocycles. The number of carbonyl (C=O) groups excluding carboxylic acids is 2. The zero-order chi connectivity index (χ0) is 15.4. The van der Waals surface area contributed by atoms with Gasteiger partial charge in [0.1, 0.15) is 11.9 Å². The summed E-state index contributed by atoms with van der Waals surface area (Å²) < 4.78 is 5.27. The fourth-order valence-corrected chi connectivity index (χ4v) is 2.44. The Kier molecular flexibility index (Phi) is 4.50. The van der Waals surface area contributed by atoms with Crippen molar-refractivity contribution in [2.75, 3.05) is 49.6 Å². The lowest BCUT2D eigenvalue weighted by atomic mass is 10.2. The maximum Gasteiger partial charge on any atom is 0.243 e. The molecule has 8 heteroatoms. The van der Waals surface area contributed by atoms with Crippen molar-refractivity contribution in [3.8, 4) is 0 Å². The van der Waals surface area contributed by atoms with Gasteiger partial charge in [-0.15, -0.1) is 0 Å². The summed E-state index contributed by atoms with van der Waals surface area (Å²) in [5.74, 6) is 0.590. The third-order valence-corrected chi connectivity index (χ3v) is 3.62. The molecule has 8 nitrogen and oxygen atoms in total. The second-order valence-electron chi connectivity index (χ2n) is 5.25. The highest BCUT2D eigenvalue weighted by atomic mass is 16.5. The van der Waals surface area contributed by atoms with Gasteiger partial charge in [-0.1, -0.05) is 0 Å². The van der Waals surface area contributed by atoms with Crippen LogP contribution in [-0.4, -0.2) is 62.2 Å². The van der Waals surface area contributed by atoms with Crippen LogP contribution in [0.4, 0.5) is 11.5 Å². The van der Waals surface area contributed by atoms with Crippen molar-refractivity contribution in [1.82, 2.24) is 15.6 Å². The summed E-state index contributed by atoms with van der Waals surface area (Å²) in [7, 11) is 0. The molecule has 2 amide bonds. The van der Waals surface area contributed by atoms with E-state index in [9.17, 15) is 9.59 Å². The quantitative estimate of drug-likeness (QED) is 0.659. The van der Waals surface area contributed by atoms with Crippen LogP contribution in [0.15, 0.2) is 18.3 Å². The first-order valence-electron chi connectivity index (χ1n) is 7.32. The van der Waals surface area contributed by atoms with Crippen molar-refractivity contribution in [2.45, 2.75) is 6.04 Å². The molecular weight excluding hydrogens is 286 g/mol. The summed E-state index contributed by atoms with van der Waals surface area (Å²) in [4.78, 5) is 29.6. The van der Waals surface area contributed by atoms with Crippen molar-refractivity contribution >= 4 is 23.3 Å². The van der Waals surface area contributed by atoms with Gasteiger partial charge in [0.2, 0.25) is 11.8 Å². The molecule has 22 heavy (non-hydrogen) atoms. The molecule has 0 saturated carbocycles. The Morgan fingerprint density at radius 1 is 1.41 bits per heavy atom. The van der Waals surface area contributed by atoms with Gasteiger partial charge in [0.15, 0.2) is 0 Å². The summed E-state index contributed by atoms with van der Waals surface area (Å²) >= 11 is 0. The molecule has 2 aliphatic rings. The fourth-order valence-electron chi connectivity index (χ4n) is 2.44. The molecule has 0 spiro atoms. The molecule has 2 saturated heterocycles. The number of piperazine rings is 1. The van der Waals surface area contributed by atoms with E-state index < -0.39 is 0 Å². The molecule has 2 fully saturated rings. The van der Waals surface area contributed by atoms with E-state index in [1.54, 1.807) is 18.3 Å². The van der Waals surface area contributed by atoms with E-state index in [1.807, 2.05) is 4.90 Å². The molecule has 3 rings (SSSR count). The van der Waals surface area contributed by atoms with E-state index in [1.165, 1.54) is 0 Å². The highest BCUT2D eigenvalue weighted by Gasteiger charge is 2.21. The molecule has 0 aliphatic carbocycles. The molecule has 0 aromatic carbocycles. The fraction of sp³-hybridized carbons (Fsp3) is 0.500. The second-order valence-corrected chi connectivity index (χ2v) is 5.25. The van der Waals surface area contributed by atoms with Gasteiger partial charge >= 0.3 is 0 Å². The molecule has 0 bridgehead atoms. The topological polar surface area (TPSA) is 95.6 Å². The van der Waals surface area contributed by atoms with Gasteiger partial charge in [-0.05, 0) is 12.1 Å². The molecule has 3 N–H and O–H groups in total. The van der Waals surface area contributed by atoms with E-state index in [0.29, 0.717) is 38.5 Å². The van der Waals surface area contributed by atoms with E-state index in [0.717, 1.165) is 12.4 Å². The molecule has 1 unspecified atom stereocenters. The Balaban J connectivity index is 1.59. The van der Waals surface area contributed by atoms with Crippen LogP contribution in [0.25, 0.3) is 0 Å². The smallest absolute Gasteiger partial charge is 0.243 e. The van der Waals surface area contributed by atoms with Crippen molar-refractivity contribution in [3.63, 3.8) is 0 Å². The van der Waals surface area contributed by atoms with Gasteiger partial charge in [-0.25, -0.2) is 4.98 Å². The lowest BCUT2D eigenvalue weighted by molar-refractivity contribution is -0.121. The van der Waals surface area contributed by atoms with Crippen LogP contribution < -0.4 is 20.9 Å². The number of rotatable bonds is 3. The standard InChI is InChI=1S/C14H19N5O3/c20-13-8-19(5-3-16-13)12-2-1-10(7-17-12)18-14(21)11-9-22-6-4-15-11/h1-2,7,11,15H,3-6,8-9H2,(H,16,20)(H,18,21). The molecule has 1 aromatic heterocycles. The highest BCUT2D eigenvalue weighted by molar-refractivity contribution is 5.95. The number of nitrogens with one attached hydrogen (secondary N) is 3. The number of hydrogen-bond acceptors (Lipinski definition) is 6. The predicted molar refractivity (Wildman–Crippen MR) is 80.7 cm³/mol. The number of hydrogen-bond donors (Lipinski definition) is 3. The minimum absolute atomic E-state index is 0.00574. The second kappa shape index (κ2) is 6.71. The highest BCUT2D eigenvalue weighted by Crippen LogP contribution is 2.15. The van der Waals surface area contributed by atoms with Crippen molar-refractivity contribution in [1.29, 1.82) is 0 Å². The summed E-state index contributed by atoms with van der Waals surface area (Å²) in [6.07, 6.45) is 1.60. The number of amides is 2. The zero-order valence-corrected chi connectivity index (χ0v) is 12.2. The number of pyridine rings is 1. The monoisotopic (exact) mass is 305 g/mol. The molecule has 1 aromatic rings. The summed E-state index contributed by atoms with van der Waals surface area (Å²) in [6.45, 7) is 3.33. The molecule has 1 atom stereocenters. The molecule has 2 aliphatic heterocycles. The third kappa shape index (κ3) is 3.52. The first kappa shape index (κ1) is 14.7. The normalized spacial score (nSPS) is 22.1. The molecular formula is C14H19N5O3. The van der Waals surface area contributed by atoms with Crippen molar-refractivity contribution in [2.24, 2.45) is 0 Å². The van der Waals surface area contributed by atoms with Gasteiger partial charge in [0.05, 0.1) is 31.6 Å². The van der Waals surface area contributed by atoms with E-state index >= 15 is 0 Å². The van der Waals surface area contributed by atoms with Gasteiger partial charge in [-0.3, -0.25) is 9.59 Å². The van der Waals surface area contributed by atoms with Crippen LogP contribution >= 0.6 is 0 Å². The largest absolute Gasteiger partial charge is 0.378 e. The maximum atomic E-state index is 12.1. The van der Waals surface area contributed by atoms with Crippen molar-refractivity contribution in [3.05, 3.63) is 18.3 Å². The number of morpholine rings is 1. The van der Waals surface area contributed by atoms with Crippen LogP contribution in [0.2, 0.25) is 0 Å². The van der Waals surface area contributed by atoms with Crippen LogP contribution in [0.3, 0.4) is 0 Å². The van der Waals surface area contributed by atoms with Crippen LogP contribution in [0.1, 0.15) is 0 Å². The third-order valence-electron chi connectivity index (χ3n) is 3.62. The Bertz CT molecular complexity index is 542. The average Bonchev–Trinajstić information content (AvgIpc) is 2.56. The Morgan fingerprint density at radius 3 is 3.00 bits per heavy atom. The van der Waals surface area contributed by atoms with Gasteiger partial charge in [0.25, 0.3) is 0 Å². The van der Waals surface area contributed by atoms with Crippen LogP contribution in [0.5, 0.6) is 0 Å². The van der Waals surface area contributed by atoms with Gasteiger partial charge in [-0.2, -0.15) is 0 Å². The van der Waals surface area contributed by atoms with E-state index in [4.69, 9.17) is 4.74 Å². The predicted octanol–water partition coefficient (Wildman–Crippen LogP) is -1.06. The number of aromatic nitrogens is 1. The van der Waals surface area contributed by atoms with Crippen LogP contribution in [0, 0.1) is 0 Å². The SMILES string of the molecule is O=C1CN(c2ccc(NC(=O)C3COCCN3)cn2)CCN1. The maximum absolute atomic E-state index is 12.1. The molecule has 0 radical (unpaired) electrons. The van der Waals surface area contributed by atoms with E-state index in [2.05, 4.69) is 20.9 Å². The minimum atomic E-state index is -0.334. The summed E-state index contributed by atoms with van der Waals surface area (Å²) in [5, 5.41) is 8.68. The average molecular weight is 305 g/mol. The van der Waals surface area contributed by atoms with E-state index in [-0.39, 0.29) is 17.9 Å². The first-order chi connectivity index (χ1) is 10.7. The lowest BCUT2D eigenvalue weighted by Gasteiger charge is -2.27. The minimum Gasteiger partial charge on any atom is -0.378 e. The van der Waals surface area contributed by atoms with Gasteiger partial charge < -0.3 is 25.6 Å². The number of anilines is 2. The number of carbonyl (C=O) groups is 2. The zero-order valence-electron chi connectivity index (χ0n) is 12.2. The Labute approximate surface area is 128 Å². The Hall–Kier alpha value is -2.19. The molecule has 118 valence electrons.